The number of likely N-dealkylation sites (tertiary alicyclic amines) is 1. The van der Waals surface area contributed by atoms with E-state index in [1.165, 1.54) is 17.4 Å². The molecule has 1 fully saturated rings. The van der Waals surface area contributed by atoms with Gasteiger partial charge in [-0.2, -0.15) is 0 Å². The Morgan fingerprint density at radius 2 is 2.07 bits per heavy atom. The number of hydrogen-bond acceptors (Lipinski definition) is 4. The molecule has 2 unspecified atom stereocenters. The van der Waals surface area contributed by atoms with Gasteiger partial charge in [0.25, 0.3) is 0 Å². The number of nitrogens with zero attached hydrogens (tertiary/aromatic N) is 2. The highest BCUT2D eigenvalue weighted by Crippen LogP contribution is 2.24. The molecule has 2 amide bonds. The Balaban J connectivity index is 1.80. The second kappa shape index (κ2) is 8.97. The molecule has 1 aliphatic rings. The van der Waals surface area contributed by atoms with Crippen LogP contribution in [0.3, 0.4) is 0 Å². The third-order valence-corrected chi connectivity index (χ3v) is 5.76. The van der Waals surface area contributed by atoms with Gasteiger partial charge in [0.2, 0.25) is 11.8 Å². The summed E-state index contributed by atoms with van der Waals surface area (Å²) in [6.45, 7) is 4.70. The van der Waals surface area contributed by atoms with Crippen LogP contribution >= 0.6 is 11.3 Å². The van der Waals surface area contributed by atoms with Crippen LogP contribution in [-0.4, -0.2) is 45.9 Å². The van der Waals surface area contributed by atoms with Gasteiger partial charge in [-0.05, 0) is 35.9 Å². The smallest absolute Gasteiger partial charge is 0.246 e. The Morgan fingerprint density at radius 3 is 2.74 bits per heavy atom. The van der Waals surface area contributed by atoms with Crippen LogP contribution in [0.5, 0.6) is 0 Å². The molecule has 0 bridgehead atoms. The van der Waals surface area contributed by atoms with Crippen LogP contribution in [-0.2, 0) is 16.1 Å². The molecule has 142 valence electrons. The first-order valence-corrected chi connectivity index (χ1v) is 9.95. The number of carbonyl (C=O) groups is 2. The minimum absolute atomic E-state index is 0.123. The fraction of sp³-hybridized carbons (Fsp3) is 0.333. The van der Waals surface area contributed by atoms with Crippen LogP contribution in [0, 0.1) is 0 Å². The summed E-state index contributed by atoms with van der Waals surface area (Å²) in [5, 5.41) is 12.5. The highest BCUT2D eigenvalue weighted by Gasteiger charge is 2.36. The minimum atomic E-state index is -0.748. The molecule has 27 heavy (non-hydrogen) atoms. The molecule has 0 spiro atoms. The second-order valence-electron chi connectivity index (χ2n) is 6.63. The normalized spacial score (nSPS) is 17.5. The van der Waals surface area contributed by atoms with Crippen LogP contribution in [0.25, 0.3) is 0 Å². The van der Waals surface area contributed by atoms with Crippen molar-refractivity contribution >= 4 is 23.2 Å². The van der Waals surface area contributed by atoms with Gasteiger partial charge in [0, 0.05) is 18.0 Å². The zero-order valence-corrected chi connectivity index (χ0v) is 16.0. The van der Waals surface area contributed by atoms with Gasteiger partial charge in [0.1, 0.15) is 12.1 Å². The molecular weight excluding hydrogens is 360 g/mol. The average molecular weight is 385 g/mol. The molecule has 5 nitrogen and oxygen atoms in total. The SMILES string of the molecule is C=CC(=O)N1CCCC1C(=O)N(Cc1ccccc1)CC(O)c1cccs1. The zero-order chi connectivity index (χ0) is 19.2. The molecule has 1 aliphatic heterocycles. The van der Waals surface area contributed by atoms with E-state index in [9.17, 15) is 14.7 Å². The van der Waals surface area contributed by atoms with Crippen molar-refractivity contribution in [3.63, 3.8) is 0 Å². The molecule has 1 aromatic heterocycles. The number of amides is 2. The average Bonchev–Trinajstić information content (AvgIpc) is 3.39. The second-order valence-corrected chi connectivity index (χ2v) is 7.61. The predicted octanol–water partition coefficient (Wildman–Crippen LogP) is 2.99. The van der Waals surface area contributed by atoms with E-state index < -0.39 is 12.1 Å². The van der Waals surface area contributed by atoms with E-state index in [1.54, 1.807) is 9.80 Å². The van der Waals surface area contributed by atoms with E-state index in [0.717, 1.165) is 16.9 Å². The molecular formula is C21H24N2O3S. The summed E-state index contributed by atoms with van der Waals surface area (Å²) in [6.07, 6.45) is 1.94. The fourth-order valence-corrected chi connectivity index (χ4v) is 4.13. The number of rotatable bonds is 7. The molecule has 0 aliphatic carbocycles. The number of aliphatic hydroxyl groups is 1. The van der Waals surface area contributed by atoms with E-state index in [2.05, 4.69) is 6.58 Å². The van der Waals surface area contributed by atoms with Crippen molar-refractivity contribution in [3.8, 4) is 0 Å². The molecule has 0 saturated carbocycles. The molecule has 3 rings (SSSR count). The summed E-state index contributed by atoms with van der Waals surface area (Å²) in [4.78, 5) is 29.5. The van der Waals surface area contributed by atoms with Gasteiger partial charge in [-0.15, -0.1) is 11.3 Å². The molecule has 1 saturated heterocycles. The molecule has 1 N–H and O–H groups in total. The van der Waals surface area contributed by atoms with Crippen LogP contribution < -0.4 is 0 Å². The Hall–Kier alpha value is -2.44. The summed E-state index contributed by atoms with van der Waals surface area (Å²) < 4.78 is 0. The summed E-state index contributed by atoms with van der Waals surface area (Å²) in [7, 11) is 0. The predicted molar refractivity (Wildman–Crippen MR) is 106 cm³/mol. The standard InChI is InChI=1S/C21H24N2O3S/c1-2-20(25)23-12-6-10-17(23)21(26)22(14-16-8-4-3-5-9-16)15-18(24)19-11-7-13-27-19/h2-5,7-9,11,13,17-18,24H,1,6,10,12,14-15H2. The summed E-state index contributed by atoms with van der Waals surface area (Å²) >= 11 is 1.47. The van der Waals surface area contributed by atoms with E-state index in [1.807, 2.05) is 47.8 Å². The van der Waals surface area contributed by atoms with Crippen molar-refractivity contribution in [2.75, 3.05) is 13.1 Å². The van der Waals surface area contributed by atoms with Crippen LogP contribution in [0.1, 0.15) is 29.4 Å². The van der Waals surface area contributed by atoms with Crippen LogP contribution in [0.15, 0.2) is 60.5 Å². The van der Waals surface area contributed by atoms with Crippen LogP contribution in [0.4, 0.5) is 0 Å². The van der Waals surface area contributed by atoms with Gasteiger partial charge in [-0.25, -0.2) is 0 Å². The van der Waals surface area contributed by atoms with Crippen molar-refractivity contribution in [3.05, 3.63) is 70.9 Å². The number of hydrogen-bond donors (Lipinski definition) is 1. The highest BCUT2D eigenvalue weighted by molar-refractivity contribution is 7.10. The third kappa shape index (κ3) is 4.64. The molecule has 0 radical (unpaired) electrons. The number of benzene rings is 1. The largest absolute Gasteiger partial charge is 0.386 e. The topological polar surface area (TPSA) is 60.9 Å². The third-order valence-electron chi connectivity index (χ3n) is 4.79. The maximum Gasteiger partial charge on any atom is 0.246 e. The summed E-state index contributed by atoms with van der Waals surface area (Å²) in [5.41, 5.74) is 0.990. The lowest BCUT2D eigenvalue weighted by molar-refractivity contribution is -0.143. The van der Waals surface area contributed by atoms with Gasteiger partial charge < -0.3 is 14.9 Å². The molecule has 1 aromatic carbocycles. The van der Waals surface area contributed by atoms with Gasteiger partial charge in [-0.3, -0.25) is 9.59 Å². The van der Waals surface area contributed by atoms with Gasteiger partial charge in [0.05, 0.1) is 6.54 Å². The lowest BCUT2D eigenvalue weighted by atomic mass is 10.1. The van der Waals surface area contributed by atoms with Crippen molar-refractivity contribution in [1.29, 1.82) is 0 Å². The Kier molecular flexibility index (Phi) is 6.42. The molecule has 2 aromatic rings. The van der Waals surface area contributed by atoms with Crippen molar-refractivity contribution < 1.29 is 14.7 Å². The lowest BCUT2D eigenvalue weighted by Gasteiger charge is -2.31. The monoisotopic (exact) mass is 384 g/mol. The van der Waals surface area contributed by atoms with Crippen molar-refractivity contribution in [2.24, 2.45) is 0 Å². The van der Waals surface area contributed by atoms with E-state index in [-0.39, 0.29) is 18.4 Å². The van der Waals surface area contributed by atoms with Gasteiger partial charge >= 0.3 is 0 Å². The zero-order valence-electron chi connectivity index (χ0n) is 15.2. The van der Waals surface area contributed by atoms with E-state index in [4.69, 9.17) is 0 Å². The summed E-state index contributed by atoms with van der Waals surface area (Å²) in [6, 6.07) is 13.0. The van der Waals surface area contributed by atoms with Crippen molar-refractivity contribution in [2.45, 2.75) is 31.5 Å². The van der Waals surface area contributed by atoms with Crippen molar-refractivity contribution in [1.82, 2.24) is 9.80 Å². The first kappa shape index (κ1) is 19.3. The summed E-state index contributed by atoms with van der Waals surface area (Å²) in [5.74, 6) is -0.341. The first-order chi connectivity index (χ1) is 13.1. The van der Waals surface area contributed by atoms with E-state index in [0.29, 0.717) is 19.5 Å². The van der Waals surface area contributed by atoms with Crippen LogP contribution in [0.2, 0.25) is 0 Å². The number of carbonyl (C=O) groups excluding carboxylic acids is 2. The first-order valence-electron chi connectivity index (χ1n) is 9.07. The molecule has 2 heterocycles. The quantitative estimate of drug-likeness (QED) is 0.747. The number of aliphatic hydroxyl groups excluding tert-OH is 1. The Bertz CT molecular complexity index is 776. The van der Waals surface area contributed by atoms with E-state index >= 15 is 0 Å². The van der Waals surface area contributed by atoms with Gasteiger partial charge in [0.15, 0.2) is 0 Å². The minimum Gasteiger partial charge on any atom is -0.386 e. The maximum atomic E-state index is 13.3. The fourth-order valence-electron chi connectivity index (χ4n) is 3.43. The van der Waals surface area contributed by atoms with Gasteiger partial charge in [-0.1, -0.05) is 43.0 Å². The number of thiophene rings is 1. The highest BCUT2D eigenvalue weighted by atomic mass is 32.1. The lowest BCUT2D eigenvalue weighted by Crippen LogP contribution is -2.48. The molecule has 2 atom stereocenters. The maximum absolute atomic E-state index is 13.3. The Labute approximate surface area is 163 Å². The Morgan fingerprint density at radius 1 is 1.30 bits per heavy atom. The molecule has 6 heteroatoms.